The van der Waals surface area contributed by atoms with Gasteiger partial charge in [-0.15, -0.1) is 0 Å². The van der Waals surface area contributed by atoms with Crippen LogP contribution in [0.2, 0.25) is 0 Å². The van der Waals surface area contributed by atoms with E-state index in [1.165, 1.54) is 0 Å². The molecule has 0 spiro atoms. The Morgan fingerprint density at radius 3 is 2.48 bits per heavy atom. The lowest BCUT2D eigenvalue weighted by Crippen LogP contribution is -2.48. The van der Waals surface area contributed by atoms with Crippen molar-refractivity contribution in [3.8, 4) is 11.1 Å². The Labute approximate surface area is 172 Å². The zero-order chi connectivity index (χ0) is 21.2. The third-order valence-electron chi connectivity index (χ3n) is 5.28. The monoisotopic (exact) mass is 418 g/mol. The van der Waals surface area contributed by atoms with E-state index < -0.39 is 22.1 Å². The Morgan fingerprint density at radius 1 is 1.17 bits per heavy atom. The number of hydrogen-bond donors (Lipinski definition) is 1. The number of nitrogens with one attached hydrogen (secondary N) is 1. The first kappa shape index (κ1) is 21.5. The molecule has 7 heteroatoms. The van der Waals surface area contributed by atoms with Crippen molar-refractivity contribution in [1.29, 1.82) is 0 Å². The average molecular weight is 419 g/mol. The molecular formula is C22H27FN2O3S. The van der Waals surface area contributed by atoms with Gasteiger partial charge in [-0.3, -0.25) is 4.79 Å². The predicted octanol–water partition coefficient (Wildman–Crippen LogP) is 3.21. The van der Waals surface area contributed by atoms with E-state index in [9.17, 15) is 13.2 Å². The van der Waals surface area contributed by atoms with Crippen LogP contribution in [0.1, 0.15) is 25.8 Å². The second-order valence-corrected chi connectivity index (χ2v) is 9.67. The van der Waals surface area contributed by atoms with Crippen LogP contribution in [0.25, 0.3) is 11.1 Å². The van der Waals surface area contributed by atoms with E-state index >= 15 is 4.39 Å². The van der Waals surface area contributed by atoms with Crippen molar-refractivity contribution in [3.05, 3.63) is 59.9 Å². The molecule has 1 fully saturated rings. The lowest BCUT2D eigenvalue weighted by atomic mass is 9.95. The first-order chi connectivity index (χ1) is 13.7. The standard InChI is InChI=1S/C22H27FN2O3S/c1-15(2)22(26)25-13-12-19(24-29(3,27)28)20(25)14-17-10-7-11-18(21(17)23)16-8-5-4-6-9-16/h4-11,15,19-20,24H,12-14H2,1-3H3/t19-,20-/m0/s1. The molecule has 2 atom stereocenters. The molecule has 0 aliphatic carbocycles. The molecule has 1 aliphatic rings. The molecule has 0 radical (unpaired) electrons. The second kappa shape index (κ2) is 8.63. The van der Waals surface area contributed by atoms with Crippen molar-refractivity contribution in [2.75, 3.05) is 12.8 Å². The summed E-state index contributed by atoms with van der Waals surface area (Å²) in [7, 11) is -3.45. The number of sulfonamides is 1. The van der Waals surface area contributed by atoms with Gasteiger partial charge in [-0.2, -0.15) is 0 Å². The van der Waals surface area contributed by atoms with Gasteiger partial charge in [0.1, 0.15) is 5.82 Å². The summed E-state index contributed by atoms with van der Waals surface area (Å²) in [6.07, 6.45) is 1.86. The van der Waals surface area contributed by atoms with Gasteiger partial charge in [0.2, 0.25) is 15.9 Å². The third kappa shape index (κ3) is 5.03. The fraction of sp³-hybridized carbons (Fsp3) is 0.409. The Kier molecular flexibility index (Phi) is 6.39. The van der Waals surface area contributed by atoms with E-state index in [4.69, 9.17) is 0 Å². The van der Waals surface area contributed by atoms with Gasteiger partial charge in [0.25, 0.3) is 0 Å². The van der Waals surface area contributed by atoms with Crippen LogP contribution in [0.3, 0.4) is 0 Å². The fourth-order valence-electron chi connectivity index (χ4n) is 3.93. The van der Waals surface area contributed by atoms with Gasteiger partial charge in [-0.05, 0) is 24.0 Å². The van der Waals surface area contributed by atoms with Crippen LogP contribution in [-0.2, 0) is 21.2 Å². The first-order valence-corrected chi connectivity index (χ1v) is 11.7. The van der Waals surface area contributed by atoms with Crippen LogP contribution >= 0.6 is 0 Å². The summed E-state index contributed by atoms with van der Waals surface area (Å²) in [6, 6.07) is 13.6. The number of carbonyl (C=O) groups is 1. The highest BCUT2D eigenvalue weighted by Crippen LogP contribution is 2.29. The van der Waals surface area contributed by atoms with Gasteiger partial charge in [0.05, 0.1) is 12.3 Å². The minimum atomic E-state index is -3.45. The Hall–Kier alpha value is -2.25. The number of hydrogen-bond acceptors (Lipinski definition) is 3. The Bertz CT molecular complexity index is 977. The molecule has 0 saturated carbocycles. The maximum absolute atomic E-state index is 15.3. The van der Waals surface area contributed by atoms with E-state index in [2.05, 4.69) is 4.72 Å². The van der Waals surface area contributed by atoms with Crippen molar-refractivity contribution in [2.24, 2.45) is 5.92 Å². The van der Waals surface area contributed by atoms with Gasteiger partial charge in [0.15, 0.2) is 0 Å². The fourth-order valence-corrected chi connectivity index (χ4v) is 4.75. The van der Waals surface area contributed by atoms with Crippen LogP contribution in [0.4, 0.5) is 4.39 Å². The van der Waals surface area contributed by atoms with Gasteiger partial charge < -0.3 is 4.90 Å². The number of benzene rings is 2. The SMILES string of the molecule is CC(C)C(=O)N1CC[C@H](NS(C)(=O)=O)[C@@H]1Cc1cccc(-c2ccccc2)c1F. The van der Waals surface area contributed by atoms with Crippen LogP contribution in [0.5, 0.6) is 0 Å². The molecule has 0 unspecified atom stereocenters. The normalized spacial score (nSPS) is 19.7. The summed E-state index contributed by atoms with van der Waals surface area (Å²) in [5.74, 6) is -0.594. The lowest BCUT2D eigenvalue weighted by molar-refractivity contribution is -0.135. The van der Waals surface area contributed by atoms with Crippen molar-refractivity contribution in [3.63, 3.8) is 0 Å². The first-order valence-electron chi connectivity index (χ1n) is 9.78. The highest BCUT2D eigenvalue weighted by Gasteiger charge is 2.39. The van der Waals surface area contributed by atoms with E-state index in [-0.39, 0.29) is 24.1 Å². The predicted molar refractivity (Wildman–Crippen MR) is 112 cm³/mol. The van der Waals surface area contributed by atoms with Gasteiger partial charge in [0, 0.05) is 24.1 Å². The lowest BCUT2D eigenvalue weighted by Gasteiger charge is -2.30. The van der Waals surface area contributed by atoms with Gasteiger partial charge in [-0.25, -0.2) is 17.5 Å². The molecule has 2 aromatic rings. The Morgan fingerprint density at radius 2 is 1.86 bits per heavy atom. The minimum Gasteiger partial charge on any atom is -0.337 e. The molecule has 5 nitrogen and oxygen atoms in total. The zero-order valence-electron chi connectivity index (χ0n) is 16.9. The number of rotatable bonds is 6. The number of carbonyl (C=O) groups excluding carboxylic acids is 1. The van der Waals surface area contributed by atoms with Crippen molar-refractivity contribution < 1.29 is 17.6 Å². The second-order valence-electron chi connectivity index (χ2n) is 7.89. The van der Waals surface area contributed by atoms with Crippen molar-refractivity contribution >= 4 is 15.9 Å². The largest absolute Gasteiger partial charge is 0.337 e. The van der Waals surface area contributed by atoms with Crippen LogP contribution in [0, 0.1) is 11.7 Å². The van der Waals surface area contributed by atoms with Crippen LogP contribution in [-0.4, -0.2) is 44.1 Å². The molecule has 1 heterocycles. The van der Waals surface area contributed by atoms with Crippen LogP contribution < -0.4 is 4.72 Å². The number of likely N-dealkylation sites (tertiary alicyclic amines) is 1. The van der Waals surface area contributed by atoms with Crippen LogP contribution in [0.15, 0.2) is 48.5 Å². The summed E-state index contributed by atoms with van der Waals surface area (Å²) < 4.78 is 41.6. The number of amides is 1. The highest BCUT2D eigenvalue weighted by atomic mass is 32.2. The molecule has 2 aromatic carbocycles. The molecule has 1 N–H and O–H groups in total. The topological polar surface area (TPSA) is 66.5 Å². The minimum absolute atomic E-state index is 0.0487. The molecular weight excluding hydrogens is 391 g/mol. The maximum Gasteiger partial charge on any atom is 0.225 e. The summed E-state index contributed by atoms with van der Waals surface area (Å²) in [4.78, 5) is 14.4. The summed E-state index contributed by atoms with van der Waals surface area (Å²) in [6.45, 7) is 4.08. The number of nitrogens with zero attached hydrogens (tertiary/aromatic N) is 1. The smallest absolute Gasteiger partial charge is 0.225 e. The molecule has 1 aliphatic heterocycles. The molecule has 0 aromatic heterocycles. The number of halogens is 1. The summed E-state index contributed by atoms with van der Waals surface area (Å²) >= 11 is 0. The molecule has 3 rings (SSSR count). The molecule has 29 heavy (non-hydrogen) atoms. The maximum atomic E-state index is 15.3. The zero-order valence-corrected chi connectivity index (χ0v) is 17.7. The Balaban J connectivity index is 1.94. The van der Waals surface area contributed by atoms with E-state index in [0.717, 1.165) is 11.8 Å². The van der Waals surface area contributed by atoms with E-state index in [0.29, 0.717) is 24.1 Å². The van der Waals surface area contributed by atoms with Crippen molar-refractivity contribution in [1.82, 2.24) is 9.62 Å². The highest BCUT2D eigenvalue weighted by molar-refractivity contribution is 7.88. The summed E-state index contributed by atoms with van der Waals surface area (Å²) in [5, 5.41) is 0. The van der Waals surface area contributed by atoms with Gasteiger partial charge >= 0.3 is 0 Å². The third-order valence-corrected chi connectivity index (χ3v) is 6.01. The van der Waals surface area contributed by atoms with E-state index in [1.54, 1.807) is 23.1 Å². The molecule has 156 valence electrons. The molecule has 1 amide bonds. The molecule has 1 saturated heterocycles. The van der Waals surface area contributed by atoms with E-state index in [1.807, 2.05) is 44.2 Å². The van der Waals surface area contributed by atoms with Crippen molar-refractivity contribution in [2.45, 2.75) is 38.8 Å². The average Bonchev–Trinajstić information content (AvgIpc) is 3.04. The quantitative estimate of drug-likeness (QED) is 0.783. The van der Waals surface area contributed by atoms with Gasteiger partial charge in [-0.1, -0.05) is 62.4 Å². The summed E-state index contributed by atoms with van der Waals surface area (Å²) in [5.41, 5.74) is 1.75. The molecule has 0 bridgehead atoms.